The number of aromatic nitrogens is 2. The molecule has 0 atom stereocenters. The van der Waals surface area contributed by atoms with Gasteiger partial charge in [-0.3, -0.25) is 4.98 Å². The lowest BCUT2D eigenvalue weighted by molar-refractivity contribution is 1.24. The van der Waals surface area contributed by atoms with Crippen LogP contribution in [0.15, 0.2) is 48.7 Å². The number of nitrogen functional groups attached to an aromatic ring is 1. The molecule has 23 heavy (non-hydrogen) atoms. The number of pyridine rings is 2. The summed E-state index contributed by atoms with van der Waals surface area (Å²) in [6.45, 7) is 0. The Labute approximate surface area is 143 Å². The molecule has 0 aliphatic heterocycles. The monoisotopic (exact) mass is 340 g/mol. The van der Waals surface area contributed by atoms with Crippen molar-refractivity contribution >= 4 is 29.0 Å². The molecule has 1 aromatic carbocycles. The van der Waals surface area contributed by atoms with Gasteiger partial charge in [-0.2, -0.15) is 5.26 Å². The summed E-state index contributed by atoms with van der Waals surface area (Å²) >= 11 is 12.5. The first-order valence-corrected chi connectivity index (χ1v) is 7.44. The molecule has 0 saturated heterocycles. The Morgan fingerprint density at radius 1 is 1.00 bits per heavy atom. The van der Waals surface area contributed by atoms with Crippen molar-refractivity contribution in [1.29, 1.82) is 5.26 Å². The summed E-state index contributed by atoms with van der Waals surface area (Å²) in [4.78, 5) is 8.52. The maximum atomic E-state index is 9.43. The fourth-order valence-electron chi connectivity index (χ4n) is 2.28. The molecule has 0 fully saturated rings. The number of hydrogen-bond acceptors (Lipinski definition) is 4. The summed E-state index contributed by atoms with van der Waals surface area (Å²) in [5.41, 5.74) is 8.48. The second kappa shape index (κ2) is 6.25. The van der Waals surface area contributed by atoms with E-state index in [9.17, 15) is 5.26 Å². The third kappa shape index (κ3) is 2.85. The maximum Gasteiger partial charge on any atom is 0.142 e. The molecule has 0 aliphatic rings. The molecule has 0 bridgehead atoms. The van der Waals surface area contributed by atoms with Crippen molar-refractivity contribution in [3.05, 3.63) is 64.3 Å². The zero-order chi connectivity index (χ0) is 16.4. The Balaban J connectivity index is 2.32. The molecule has 3 rings (SSSR count). The van der Waals surface area contributed by atoms with E-state index in [1.54, 1.807) is 30.5 Å². The van der Waals surface area contributed by atoms with E-state index in [1.807, 2.05) is 18.2 Å². The van der Waals surface area contributed by atoms with Gasteiger partial charge in [0.05, 0.1) is 11.4 Å². The molecule has 2 aromatic heterocycles. The largest absolute Gasteiger partial charge is 0.383 e. The summed E-state index contributed by atoms with van der Waals surface area (Å²) in [7, 11) is 0. The highest BCUT2D eigenvalue weighted by Gasteiger charge is 2.18. The van der Waals surface area contributed by atoms with Gasteiger partial charge in [0.2, 0.25) is 0 Å². The fraction of sp³-hybridized carbons (Fsp3) is 0. The van der Waals surface area contributed by atoms with Gasteiger partial charge in [-0.1, -0.05) is 35.3 Å². The molecule has 0 amide bonds. The summed E-state index contributed by atoms with van der Waals surface area (Å²) in [6, 6.07) is 14.4. The summed E-state index contributed by atoms with van der Waals surface area (Å²) < 4.78 is 0. The highest BCUT2D eigenvalue weighted by Crippen LogP contribution is 2.39. The number of nitrogens with two attached hydrogens (primary N) is 1. The van der Waals surface area contributed by atoms with E-state index in [1.165, 1.54) is 0 Å². The lowest BCUT2D eigenvalue weighted by atomic mass is 9.99. The van der Waals surface area contributed by atoms with Crippen molar-refractivity contribution in [2.75, 3.05) is 5.73 Å². The Kier molecular flexibility index (Phi) is 4.16. The van der Waals surface area contributed by atoms with Crippen LogP contribution in [0.5, 0.6) is 0 Å². The van der Waals surface area contributed by atoms with E-state index in [4.69, 9.17) is 28.9 Å². The molecule has 3 aromatic rings. The number of anilines is 1. The molecular formula is C17H10Cl2N4. The highest BCUT2D eigenvalue weighted by atomic mass is 35.5. The predicted octanol–water partition coefficient (Wildman–Crippen LogP) is 4.57. The lowest BCUT2D eigenvalue weighted by Gasteiger charge is -2.12. The molecule has 0 aliphatic carbocycles. The maximum absolute atomic E-state index is 9.43. The molecule has 0 saturated carbocycles. The van der Waals surface area contributed by atoms with Crippen molar-refractivity contribution in [1.82, 2.24) is 9.97 Å². The van der Waals surface area contributed by atoms with E-state index in [0.29, 0.717) is 32.6 Å². The molecule has 0 radical (unpaired) electrons. The van der Waals surface area contributed by atoms with Crippen molar-refractivity contribution < 1.29 is 0 Å². The van der Waals surface area contributed by atoms with Crippen LogP contribution < -0.4 is 5.73 Å². The van der Waals surface area contributed by atoms with E-state index in [-0.39, 0.29) is 11.4 Å². The Morgan fingerprint density at radius 2 is 1.74 bits per heavy atom. The average molecular weight is 341 g/mol. The molecule has 0 spiro atoms. The predicted molar refractivity (Wildman–Crippen MR) is 92.1 cm³/mol. The minimum absolute atomic E-state index is 0.113. The Bertz CT molecular complexity index is 898. The fourth-order valence-corrected chi connectivity index (χ4v) is 2.88. The molecule has 0 unspecified atom stereocenters. The van der Waals surface area contributed by atoms with Crippen molar-refractivity contribution in [3.63, 3.8) is 0 Å². The highest BCUT2D eigenvalue weighted by molar-refractivity contribution is 6.39. The standard InChI is InChI=1S/C17H10Cl2N4/c18-12-4-3-5-13(19)16(12)10-8-15(14-6-1-2-7-22-14)23-17(21)11(10)9-20/h1-8H,(H2,21,23). The van der Waals surface area contributed by atoms with Crippen LogP contribution in [0.1, 0.15) is 5.56 Å². The van der Waals surface area contributed by atoms with Crippen LogP contribution in [0, 0.1) is 11.3 Å². The number of hydrogen-bond donors (Lipinski definition) is 1. The summed E-state index contributed by atoms with van der Waals surface area (Å²) in [5.74, 6) is 0.113. The van der Waals surface area contributed by atoms with Crippen molar-refractivity contribution in [3.8, 4) is 28.6 Å². The van der Waals surface area contributed by atoms with Gasteiger partial charge < -0.3 is 5.73 Å². The van der Waals surface area contributed by atoms with Crippen LogP contribution in [-0.4, -0.2) is 9.97 Å². The molecular weight excluding hydrogens is 331 g/mol. The van der Waals surface area contributed by atoms with Crippen LogP contribution in [0.4, 0.5) is 5.82 Å². The van der Waals surface area contributed by atoms with E-state index in [0.717, 1.165) is 0 Å². The molecule has 112 valence electrons. The quantitative estimate of drug-likeness (QED) is 0.741. The number of benzene rings is 1. The zero-order valence-corrected chi connectivity index (χ0v) is 13.3. The number of halogens is 2. The molecule has 4 nitrogen and oxygen atoms in total. The Hall–Kier alpha value is -2.61. The van der Waals surface area contributed by atoms with Crippen LogP contribution in [0.25, 0.3) is 22.5 Å². The van der Waals surface area contributed by atoms with Crippen LogP contribution in [-0.2, 0) is 0 Å². The van der Waals surface area contributed by atoms with Crippen LogP contribution in [0.2, 0.25) is 10.0 Å². The van der Waals surface area contributed by atoms with Gasteiger partial charge >= 0.3 is 0 Å². The van der Waals surface area contributed by atoms with Gasteiger partial charge in [-0.15, -0.1) is 0 Å². The molecule has 2 N–H and O–H groups in total. The number of nitriles is 1. The second-order valence-electron chi connectivity index (χ2n) is 4.74. The van der Waals surface area contributed by atoms with Gasteiger partial charge in [0.15, 0.2) is 0 Å². The van der Waals surface area contributed by atoms with Gasteiger partial charge in [0.25, 0.3) is 0 Å². The van der Waals surface area contributed by atoms with Gasteiger partial charge in [0, 0.05) is 27.4 Å². The molecule has 6 heteroatoms. The average Bonchev–Trinajstić information content (AvgIpc) is 2.55. The van der Waals surface area contributed by atoms with E-state index >= 15 is 0 Å². The number of nitrogens with zero attached hydrogens (tertiary/aromatic N) is 3. The first-order valence-electron chi connectivity index (χ1n) is 6.68. The zero-order valence-electron chi connectivity index (χ0n) is 11.8. The topological polar surface area (TPSA) is 75.6 Å². The SMILES string of the molecule is N#Cc1c(-c2c(Cl)cccc2Cl)cc(-c2ccccn2)nc1N. The third-order valence-corrected chi connectivity index (χ3v) is 3.95. The van der Waals surface area contributed by atoms with Crippen molar-refractivity contribution in [2.24, 2.45) is 0 Å². The second-order valence-corrected chi connectivity index (χ2v) is 5.55. The first-order chi connectivity index (χ1) is 11.1. The van der Waals surface area contributed by atoms with Crippen LogP contribution in [0.3, 0.4) is 0 Å². The van der Waals surface area contributed by atoms with Gasteiger partial charge in [0.1, 0.15) is 17.5 Å². The van der Waals surface area contributed by atoms with Crippen LogP contribution >= 0.6 is 23.2 Å². The number of rotatable bonds is 2. The minimum atomic E-state index is 0.113. The lowest BCUT2D eigenvalue weighted by Crippen LogP contribution is -2.01. The Morgan fingerprint density at radius 3 is 2.35 bits per heavy atom. The minimum Gasteiger partial charge on any atom is -0.383 e. The molecule has 2 heterocycles. The van der Waals surface area contributed by atoms with E-state index < -0.39 is 0 Å². The third-order valence-electron chi connectivity index (χ3n) is 3.32. The summed E-state index contributed by atoms with van der Waals surface area (Å²) in [6.07, 6.45) is 1.66. The van der Waals surface area contributed by atoms with Gasteiger partial charge in [-0.05, 0) is 30.3 Å². The van der Waals surface area contributed by atoms with Crippen molar-refractivity contribution in [2.45, 2.75) is 0 Å². The van der Waals surface area contributed by atoms with E-state index in [2.05, 4.69) is 16.0 Å². The first kappa shape index (κ1) is 15.3. The smallest absolute Gasteiger partial charge is 0.142 e. The summed E-state index contributed by atoms with van der Waals surface area (Å²) in [5, 5.41) is 10.3. The van der Waals surface area contributed by atoms with Gasteiger partial charge in [-0.25, -0.2) is 4.98 Å². The normalized spacial score (nSPS) is 10.3.